The fraction of sp³-hybridized carbons (Fsp3) is 0.0769. The lowest BCUT2D eigenvalue weighted by Crippen LogP contribution is -2.16. The largest absolute Gasteiger partial charge is 0.323 e. The van der Waals surface area contributed by atoms with E-state index in [1.54, 1.807) is 0 Å². The maximum Gasteiger partial charge on any atom is 0.228 e. The molecule has 0 radical (unpaired) electrons. The Morgan fingerprint density at radius 3 is 2.84 bits per heavy atom. The predicted octanol–water partition coefficient (Wildman–Crippen LogP) is 3.19. The molecule has 98 valence electrons. The summed E-state index contributed by atoms with van der Waals surface area (Å²) in [7, 11) is 0. The van der Waals surface area contributed by atoms with Gasteiger partial charge in [-0.25, -0.2) is 8.78 Å². The molecule has 1 amide bonds. The first-order valence-corrected chi connectivity index (χ1v) is 5.78. The van der Waals surface area contributed by atoms with E-state index in [0.29, 0.717) is 10.7 Å². The number of benzene rings is 1. The zero-order valence-corrected chi connectivity index (χ0v) is 10.4. The molecule has 0 fully saturated rings. The summed E-state index contributed by atoms with van der Waals surface area (Å²) in [6, 6.07) is 5.20. The van der Waals surface area contributed by atoms with Crippen molar-refractivity contribution in [3.63, 3.8) is 0 Å². The van der Waals surface area contributed by atoms with Gasteiger partial charge in [-0.15, -0.1) is 0 Å². The van der Waals surface area contributed by atoms with Gasteiger partial charge in [-0.05, 0) is 12.1 Å². The second-order valence-electron chi connectivity index (χ2n) is 3.79. The molecule has 6 heteroatoms. The van der Waals surface area contributed by atoms with Gasteiger partial charge in [-0.1, -0.05) is 23.7 Å². The van der Waals surface area contributed by atoms with Gasteiger partial charge >= 0.3 is 0 Å². The minimum Gasteiger partial charge on any atom is -0.323 e. The molecule has 0 aliphatic carbocycles. The Morgan fingerprint density at radius 1 is 1.32 bits per heavy atom. The fourth-order valence-electron chi connectivity index (χ4n) is 1.52. The first-order chi connectivity index (χ1) is 9.08. The number of pyridine rings is 1. The van der Waals surface area contributed by atoms with Crippen molar-refractivity contribution >= 4 is 23.2 Å². The van der Waals surface area contributed by atoms with Crippen molar-refractivity contribution in [2.75, 3.05) is 5.32 Å². The summed E-state index contributed by atoms with van der Waals surface area (Å²) in [5, 5.41) is 2.81. The minimum atomic E-state index is -1.02. The number of carbonyl (C=O) groups is 1. The van der Waals surface area contributed by atoms with E-state index in [9.17, 15) is 13.6 Å². The number of hydrogen-bond acceptors (Lipinski definition) is 2. The van der Waals surface area contributed by atoms with Crippen LogP contribution in [0.5, 0.6) is 0 Å². The number of carbonyl (C=O) groups excluding carboxylic acids is 1. The molecule has 0 saturated carbocycles. The highest BCUT2D eigenvalue weighted by atomic mass is 35.5. The normalized spacial score (nSPS) is 10.3. The van der Waals surface area contributed by atoms with E-state index in [1.165, 1.54) is 30.6 Å². The summed E-state index contributed by atoms with van der Waals surface area (Å²) in [4.78, 5) is 15.5. The van der Waals surface area contributed by atoms with Crippen molar-refractivity contribution in [3.05, 3.63) is 58.9 Å². The molecule has 0 bridgehead atoms. The predicted molar refractivity (Wildman–Crippen MR) is 67.9 cm³/mol. The average Bonchev–Trinajstić information content (AvgIpc) is 2.38. The lowest BCUT2D eigenvalue weighted by atomic mass is 10.1. The second kappa shape index (κ2) is 5.75. The lowest BCUT2D eigenvalue weighted by Gasteiger charge is -2.07. The average molecular weight is 283 g/mol. The van der Waals surface area contributed by atoms with Gasteiger partial charge in [0.2, 0.25) is 5.91 Å². The number of nitrogens with one attached hydrogen (secondary N) is 1. The Hall–Kier alpha value is -2.01. The molecule has 0 spiro atoms. The van der Waals surface area contributed by atoms with Gasteiger partial charge in [0, 0.05) is 11.8 Å². The van der Waals surface area contributed by atoms with Crippen molar-refractivity contribution in [1.29, 1.82) is 0 Å². The van der Waals surface area contributed by atoms with Gasteiger partial charge in [0.1, 0.15) is 0 Å². The van der Waals surface area contributed by atoms with Gasteiger partial charge in [-0.3, -0.25) is 9.78 Å². The highest BCUT2D eigenvalue weighted by Crippen LogP contribution is 2.19. The molecule has 3 nitrogen and oxygen atoms in total. The number of anilines is 1. The molecule has 1 heterocycles. The van der Waals surface area contributed by atoms with Crippen LogP contribution in [0.15, 0.2) is 36.7 Å². The Morgan fingerprint density at radius 2 is 2.11 bits per heavy atom. The second-order valence-corrected chi connectivity index (χ2v) is 4.20. The Labute approximate surface area is 113 Å². The zero-order valence-electron chi connectivity index (χ0n) is 9.66. The molecule has 2 aromatic rings. The monoisotopic (exact) mass is 282 g/mol. The van der Waals surface area contributed by atoms with E-state index >= 15 is 0 Å². The van der Waals surface area contributed by atoms with Crippen molar-refractivity contribution in [2.45, 2.75) is 6.42 Å². The van der Waals surface area contributed by atoms with Crippen molar-refractivity contribution < 1.29 is 13.6 Å². The topological polar surface area (TPSA) is 42.0 Å². The van der Waals surface area contributed by atoms with E-state index in [2.05, 4.69) is 10.3 Å². The summed E-state index contributed by atoms with van der Waals surface area (Å²) >= 11 is 5.84. The van der Waals surface area contributed by atoms with Gasteiger partial charge in [-0.2, -0.15) is 0 Å². The molecular formula is C13H9ClF2N2O. The maximum atomic E-state index is 13.4. The van der Waals surface area contributed by atoms with Gasteiger partial charge < -0.3 is 5.32 Å². The first kappa shape index (κ1) is 13.4. The fourth-order valence-corrected chi connectivity index (χ4v) is 1.67. The van der Waals surface area contributed by atoms with E-state index in [0.717, 1.165) is 6.07 Å². The van der Waals surface area contributed by atoms with Crippen LogP contribution in [0.3, 0.4) is 0 Å². The van der Waals surface area contributed by atoms with Crippen molar-refractivity contribution in [1.82, 2.24) is 4.98 Å². The third-order valence-electron chi connectivity index (χ3n) is 2.42. The number of rotatable bonds is 3. The van der Waals surface area contributed by atoms with Crippen LogP contribution in [-0.4, -0.2) is 10.9 Å². The standard InChI is InChI=1S/C13H9ClF2N2O/c14-9-4-5-17-7-11(9)18-12(19)6-8-2-1-3-10(15)13(8)16/h1-5,7H,6H2,(H,18,19). The Kier molecular flexibility index (Phi) is 4.06. The van der Waals surface area contributed by atoms with Gasteiger partial charge in [0.15, 0.2) is 11.6 Å². The van der Waals surface area contributed by atoms with Crippen LogP contribution >= 0.6 is 11.6 Å². The molecule has 0 atom stereocenters. The van der Waals surface area contributed by atoms with Crippen LogP contribution in [0.4, 0.5) is 14.5 Å². The van der Waals surface area contributed by atoms with Crippen molar-refractivity contribution in [2.24, 2.45) is 0 Å². The zero-order chi connectivity index (χ0) is 13.8. The van der Waals surface area contributed by atoms with Crippen LogP contribution < -0.4 is 5.32 Å². The molecule has 1 aromatic carbocycles. The van der Waals surface area contributed by atoms with Crippen LogP contribution in [0.1, 0.15) is 5.56 Å². The number of aromatic nitrogens is 1. The molecule has 1 N–H and O–H groups in total. The third kappa shape index (κ3) is 3.26. The van der Waals surface area contributed by atoms with E-state index in [-0.39, 0.29) is 12.0 Å². The molecule has 0 aliphatic heterocycles. The summed E-state index contributed by atoms with van der Waals surface area (Å²) < 4.78 is 26.4. The molecular weight excluding hydrogens is 274 g/mol. The summed E-state index contributed by atoms with van der Waals surface area (Å²) in [6.07, 6.45) is 2.57. The third-order valence-corrected chi connectivity index (χ3v) is 2.75. The summed E-state index contributed by atoms with van der Waals surface area (Å²) in [6.45, 7) is 0. The summed E-state index contributed by atoms with van der Waals surface area (Å²) in [5.74, 6) is -2.50. The number of halogens is 3. The van der Waals surface area contributed by atoms with Crippen LogP contribution in [0, 0.1) is 11.6 Å². The molecule has 19 heavy (non-hydrogen) atoms. The van der Waals surface area contributed by atoms with E-state index < -0.39 is 17.5 Å². The molecule has 0 aliphatic rings. The quantitative estimate of drug-likeness (QED) is 0.939. The van der Waals surface area contributed by atoms with Crippen LogP contribution in [-0.2, 0) is 11.2 Å². The molecule has 0 saturated heterocycles. The molecule has 2 rings (SSSR count). The number of nitrogens with zero attached hydrogens (tertiary/aromatic N) is 1. The number of amides is 1. The SMILES string of the molecule is O=C(Cc1cccc(F)c1F)Nc1cnccc1Cl. The lowest BCUT2D eigenvalue weighted by molar-refractivity contribution is -0.115. The van der Waals surface area contributed by atoms with Crippen LogP contribution in [0.2, 0.25) is 5.02 Å². The Bertz CT molecular complexity index is 619. The van der Waals surface area contributed by atoms with Gasteiger partial charge in [0.05, 0.1) is 23.3 Å². The highest BCUT2D eigenvalue weighted by molar-refractivity contribution is 6.33. The highest BCUT2D eigenvalue weighted by Gasteiger charge is 2.12. The maximum absolute atomic E-state index is 13.4. The molecule has 0 unspecified atom stereocenters. The van der Waals surface area contributed by atoms with E-state index in [4.69, 9.17) is 11.6 Å². The smallest absolute Gasteiger partial charge is 0.228 e. The van der Waals surface area contributed by atoms with E-state index in [1.807, 2.05) is 0 Å². The minimum absolute atomic E-state index is 0.0162. The molecule has 1 aromatic heterocycles. The van der Waals surface area contributed by atoms with Crippen LogP contribution in [0.25, 0.3) is 0 Å². The van der Waals surface area contributed by atoms with Crippen molar-refractivity contribution in [3.8, 4) is 0 Å². The first-order valence-electron chi connectivity index (χ1n) is 5.40. The van der Waals surface area contributed by atoms with Gasteiger partial charge in [0.25, 0.3) is 0 Å². The summed E-state index contributed by atoms with van der Waals surface area (Å²) in [5.41, 5.74) is 0.309. The number of hydrogen-bond donors (Lipinski definition) is 1. The Balaban J connectivity index is 2.10.